The first kappa shape index (κ1) is 17.7. The maximum Gasteiger partial charge on any atom is 0.173 e. The molecule has 1 aliphatic rings. The number of thiophene rings is 2. The molecule has 2 nitrogen and oxygen atoms in total. The van der Waals surface area contributed by atoms with Crippen molar-refractivity contribution >= 4 is 50.1 Å². The molecular formula is C21H22N2S3. The van der Waals surface area contributed by atoms with Gasteiger partial charge in [0.25, 0.3) is 0 Å². The predicted molar refractivity (Wildman–Crippen MR) is 119 cm³/mol. The maximum atomic E-state index is 5.51. The molecule has 1 aromatic carbocycles. The van der Waals surface area contributed by atoms with Gasteiger partial charge in [0.2, 0.25) is 0 Å². The Morgan fingerprint density at radius 3 is 2.81 bits per heavy atom. The molecule has 4 rings (SSSR count). The molecule has 0 bridgehead atoms. The third-order valence-corrected chi connectivity index (χ3v) is 7.81. The third-order valence-electron chi connectivity index (χ3n) is 5.21. The molecule has 134 valence electrons. The van der Waals surface area contributed by atoms with Crippen LogP contribution in [-0.2, 0) is 12.0 Å². The lowest BCUT2D eigenvalue weighted by atomic mass is 9.85. The van der Waals surface area contributed by atoms with E-state index in [0.717, 1.165) is 23.7 Å². The van der Waals surface area contributed by atoms with Crippen molar-refractivity contribution in [3.8, 4) is 10.4 Å². The zero-order valence-corrected chi connectivity index (χ0v) is 17.7. The van der Waals surface area contributed by atoms with Crippen LogP contribution in [0.25, 0.3) is 20.5 Å². The Hall–Kier alpha value is -1.69. The number of benzene rings is 1. The van der Waals surface area contributed by atoms with Crippen molar-refractivity contribution < 1.29 is 0 Å². The van der Waals surface area contributed by atoms with Gasteiger partial charge in [-0.3, -0.25) is 0 Å². The molecule has 1 fully saturated rings. The van der Waals surface area contributed by atoms with E-state index in [0.29, 0.717) is 0 Å². The molecule has 3 heterocycles. The van der Waals surface area contributed by atoms with E-state index in [1.807, 2.05) is 34.6 Å². The Morgan fingerprint density at radius 1 is 1.31 bits per heavy atom. The van der Waals surface area contributed by atoms with E-state index in [4.69, 9.17) is 12.2 Å². The highest BCUT2D eigenvalue weighted by Crippen LogP contribution is 2.41. The smallest absolute Gasteiger partial charge is 0.173 e. The molecule has 3 aromatic rings. The van der Waals surface area contributed by atoms with Crippen molar-refractivity contribution in [3.05, 3.63) is 58.4 Å². The first-order chi connectivity index (χ1) is 12.4. The minimum Gasteiger partial charge on any atom is -0.353 e. The molecule has 2 aromatic heterocycles. The predicted octanol–water partition coefficient (Wildman–Crippen LogP) is 6.13. The van der Waals surface area contributed by atoms with Crippen molar-refractivity contribution in [2.75, 3.05) is 7.05 Å². The summed E-state index contributed by atoms with van der Waals surface area (Å²) in [5, 5.41) is 7.87. The maximum absolute atomic E-state index is 5.51. The molecule has 1 atom stereocenters. The summed E-state index contributed by atoms with van der Waals surface area (Å²) in [7, 11) is 1.97. The Kier molecular flexibility index (Phi) is 4.41. The van der Waals surface area contributed by atoms with E-state index in [1.54, 1.807) is 0 Å². The summed E-state index contributed by atoms with van der Waals surface area (Å²) in [6.45, 7) is 8.62. The fourth-order valence-corrected chi connectivity index (χ4v) is 5.83. The fourth-order valence-electron chi connectivity index (χ4n) is 3.48. The lowest BCUT2D eigenvalue weighted by Gasteiger charge is -2.42. The highest BCUT2D eigenvalue weighted by molar-refractivity contribution is 7.80. The molecule has 0 saturated carbocycles. The van der Waals surface area contributed by atoms with E-state index in [2.05, 4.69) is 61.5 Å². The second kappa shape index (κ2) is 6.48. The van der Waals surface area contributed by atoms with Crippen molar-refractivity contribution in [1.82, 2.24) is 10.2 Å². The first-order valence-electron chi connectivity index (χ1n) is 8.76. The van der Waals surface area contributed by atoms with Gasteiger partial charge < -0.3 is 10.2 Å². The molecular weight excluding hydrogens is 376 g/mol. The Morgan fingerprint density at radius 2 is 2.12 bits per heavy atom. The lowest BCUT2D eigenvalue weighted by molar-refractivity contribution is 0.346. The third kappa shape index (κ3) is 2.88. The first-order valence-corrected chi connectivity index (χ1v) is 10.9. The minimum atomic E-state index is -0.224. The summed E-state index contributed by atoms with van der Waals surface area (Å²) in [6.07, 6.45) is 1.93. The van der Waals surface area contributed by atoms with Gasteiger partial charge in [-0.15, -0.1) is 22.7 Å². The van der Waals surface area contributed by atoms with E-state index in [9.17, 15) is 0 Å². The average molecular weight is 399 g/mol. The normalized spacial score (nSPS) is 20.7. The van der Waals surface area contributed by atoms with E-state index in [1.165, 1.54) is 31.0 Å². The van der Waals surface area contributed by atoms with E-state index >= 15 is 0 Å². The Bertz CT molecular complexity index is 993. The van der Waals surface area contributed by atoms with Crippen LogP contribution in [0.1, 0.15) is 30.7 Å². The van der Waals surface area contributed by atoms with Crippen molar-refractivity contribution in [2.24, 2.45) is 0 Å². The number of thiocarbonyl (C=S) groups is 1. The van der Waals surface area contributed by atoms with Gasteiger partial charge in [-0.1, -0.05) is 19.6 Å². The lowest BCUT2D eigenvalue weighted by Crippen LogP contribution is -2.53. The number of aryl methyl sites for hydroxylation is 1. The molecule has 1 aliphatic heterocycles. The summed E-state index contributed by atoms with van der Waals surface area (Å²) in [4.78, 5) is 4.75. The van der Waals surface area contributed by atoms with Crippen molar-refractivity contribution in [3.63, 3.8) is 0 Å². The van der Waals surface area contributed by atoms with Gasteiger partial charge in [0.1, 0.15) is 0 Å². The molecule has 0 unspecified atom stereocenters. The van der Waals surface area contributed by atoms with Crippen LogP contribution in [0.4, 0.5) is 0 Å². The molecule has 0 amide bonds. The monoisotopic (exact) mass is 398 g/mol. The van der Waals surface area contributed by atoms with Gasteiger partial charge in [0, 0.05) is 49.9 Å². The van der Waals surface area contributed by atoms with Gasteiger partial charge in [-0.2, -0.15) is 0 Å². The number of fused-ring (bicyclic) bond motifs is 1. The van der Waals surface area contributed by atoms with Crippen LogP contribution in [0.15, 0.2) is 48.0 Å². The zero-order valence-electron chi connectivity index (χ0n) is 15.3. The van der Waals surface area contributed by atoms with Crippen LogP contribution in [-0.4, -0.2) is 17.1 Å². The standard InChI is InChI=1S/C21H22N2S3/c1-5-15-7-9-19(26-15)17-12-25-18-8-6-14(10-16(17)18)21(3)11-13(2)23(4)20(24)22-21/h6-10,12H,2,5,11H2,1,3-4H3,(H,22,24)/t21-/m0/s1. The summed E-state index contributed by atoms with van der Waals surface area (Å²) < 4.78 is 1.33. The van der Waals surface area contributed by atoms with Gasteiger partial charge in [-0.05, 0) is 55.4 Å². The van der Waals surface area contributed by atoms with E-state index in [-0.39, 0.29) is 5.54 Å². The number of hydrogen-bond donors (Lipinski definition) is 1. The van der Waals surface area contributed by atoms with Crippen LogP contribution in [0, 0.1) is 0 Å². The zero-order chi connectivity index (χ0) is 18.5. The van der Waals surface area contributed by atoms with Crippen LogP contribution in [0.3, 0.4) is 0 Å². The number of nitrogens with zero attached hydrogens (tertiary/aromatic N) is 1. The topological polar surface area (TPSA) is 15.3 Å². The SMILES string of the molecule is C=C1C[C@@](C)(c2ccc3scc(-c4ccc(CC)s4)c3c2)NC(=S)N1C. The van der Waals surface area contributed by atoms with Crippen molar-refractivity contribution in [1.29, 1.82) is 0 Å². The molecule has 1 saturated heterocycles. The average Bonchev–Trinajstić information content (AvgIpc) is 3.25. The summed E-state index contributed by atoms with van der Waals surface area (Å²) in [5.74, 6) is 0. The summed E-state index contributed by atoms with van der Waals surface area (Å²) >= 11 is 9.22. The minimum absolute atomic E-state index is 0.224. The van der Waals surface area contributed by atoms with Crippen LogP contribution >= 0.6 is 34.9 Å². The molecule has 0 aliphatic carbocycles. The van der Waals surface area contributed by atoms with Gasteiger partial charge >= 0.3 is 0 Å². The van der Waals surface area contributed by atoms with Gasteiger partial charge in [-0.25, -0.2) is 0 Å². The second-order valence-corrected chi connectivity index (χ2v) is 9.51. The Labute approximate surface area is 168 Å². The largest absolute Gasteiger partial charge is 0.353 e. The van der Waals surface area contributed by atoms with Crippen molar-refractivity contribution in [2.45, 2.75) is 32.2 Å². The molecule has 5 heteroatoms. The number of rotatable bonds is 3. The molecule has 0 spiro atoms. The summed E-state index contributed by atoms with van der Waals surface area (Å²) in [5.41, 5.74) is 3.42. The van der Waals surface area contributed by atoms with Crippen LogP contribution < -0.4 is 5.32 Å². The quantitative estimate of drug-likeness (QED) is 0.534. The summed E-state index contributed by atoms with van der Waals surface area (Å²) in [6, 6.07) is 11.3. The number of nitrogens with one attached hydrogen (secondary N) is 1. The Balaban J connectivity index is 1.79. The fraction of sp³-hybridized carbons (Fsp3) is 0.286. The highest BCUT2D eigenvalue weighted by Gasteiger charge is 2.35. The van der Waals surface area contributed by atoms with Gasteiger partial charge in [0.05, 0.1) is 5.54 Å². The second-order valence-electron chi connectivity index (χ2n) is 7.04. The number of hydrogen-bond acceptors (Lipinski definition) is 3. The highest BCUT2D eigenvalue weighted by atomic mass is 32.1. The van der Waals surface area contributed by atoms with Gasteiger partial charge in [0.15, 0.2) is 5.11 Å². The molecule has 1 N–H and O–H groups in total. The van der Waals surface area contributed by atoms with Crippen LogP contribution in [0.2, 0.25) is 0 Å². The van der Waals surface area contributed by atoms with Crippen LogP contribution in [0.5, 0.6) is 0 Å². The molecule has 0 radical (unpaired) electrons. The molecule has 26 heavy (non-hydrogen) atoms. The van der Waals surface area contributed by atoms with E-state index < -0.39 is 0 Å².